The molecule has 0 N–H and O–H groups in total. The first-order chi connectivity index (χ1) is 29.8. The van der Waals surface area contributed by atoms with Gasteiger partial charge in [-0.3, -0.25) is 0 Å². The Morgan fingerprint density at radius 3 is 0.933 bits per heavy atom. The Labute approximate surface area is 356 Å². The highest BCUT2D eigenvalue weighted by Crippen LogP contribution is 2.53. The normalized spacial score (nSPS) is 11.7. The summed E-state index contributed by atoms with van der Waals surface area (Å²) < 4.78 is 4.93. The highest BCUT2D eigenvalue weighted by Gasteiger charge is 2.26. The summed E-state index contributed by atoms with van der Waals surface area (Å²) in [4.78, 5) is 5.02. The van der Waals surface area contributed by atoms with Crippen LogP contribution in [0.1, 0.15) is 0 Å². The van der Waals surface area contributed by atoms with Gasteiger partial charge in [0.2, 0.25) is 0 Å². The Kier molecular flexibility index (Phi) is 8.25. The molecule has 0 aliphatic heterocycles. The number of fused-ring (bicyclic) bond motifs is 6. The van der Waals surface area contributed by atoms with E-state index in [0.29, 0.717) is 0 Å². The molecule has 4 heteroatoms. The maximum absolute atomic E-state index is 2.46. The summed E-state index contributed by atoms with van der Waals surface area (Å²) >= 11 is 3.79. The highest BCUT2D eigenvalue weighted by atomic mass is 32.1. The maximum atomic E-state index is 2.46. The second-order valence-electron chi connectivity index (χ2n) is 15.2. The van der Waals surface area contributed by atoms with Crippen molar-refractivity contribution >= 4 is 66.3 Å². The van der Waals surface area contributed by atoms with Crippen molar-refractivity contribution in [1.29, 1.82) is 0 Å². The zero-order valence-electron chi connectivity index (χ0n) is 32.5. The van der Waals surface area contributed by atoms with Gasteiger partial charge in [-0.1, -0.05) is 170 Å². The van der Waals surface area contributed by atoms with Crippen molar-refractivity contribution in [2.45, 2.75) is 0 Å². The van der Waals surface area contributed by atoms with Crippen LogP contribution < -0.4 is 0 Å². The number of hydrogen-bond donors (Lipinski definition) is 0. The Morgan fingerprint density at radius 2 is 0.567 bits per heavy atom. The van der Waals surface area contributed by atoms with Gasteiger partial charge in [0, 0.05) is 53.6 Å². The maximum Gasteiger partial charge on any atom is 0.0541 e. The fraction of sp³-hybridized carbons (Fsp3) is 0. The van der Waals surface area contributed by atoms with Gasteiger partial charge in [0.1, 0.15) is 0 Å². The predicted molar refractivity (Wildman–Crippen MR) is 258 cm³/mol. The number of rotatable bonds is 7. The number of thiophene rings is 2. The van der Waals surface area contributed by atoms with E-state index in [1.807, 2.05) is 22.7 Å². The fourth-order valence-corrected chi connectivity index (χ4v) is 11.7. The molecule has 0 saturated carbocycles. The average molecular weight is 801 g/mol. The van der Waals surface area contributed by atoms with E-state index in [-0.39, 0.29) is 0 Å². The molecule has 8 aromatic carbocycles. The van der Waals surface area contributed by atoms with Crippen LogP contribution in [0.15, 0.2) is 218 Å². The third kappa shape index (κ3) is 5.53. The van der Waals surface area contributed by atoms with Crippen LogP contribution >= 0.6 is 22.7 Å². The van der Waals surface area contributed by atoms with Crippen molar-refractivity contribution in [1.82, 2.24) is 9.13 Å². The first-order valence-electron chi connectivity index (χ1n) is 20.3. The Balaban J connectivity index is 1.16. The van der Waals surface area contributed by atoms with Gasteiger partial charge in [-0.15, -0.1) is 22.7 Å². The van der Waals surface area contributed by atoms with Gasteiger partial charge >= 0.3 is 0 Å². The van der Waals surface area contributed by atoms with Crippen LogP contribution in [0.4, 0.5) is 0 Å². The molecule has 12 aromatic rings. The van der Waals surface area contributed by atoms with Crippen molar-refractivity contribution in [3.05, 3.63) is 218 Å². The van der Waals surface area contributed by atoms with E-state index in [1.165, 1.54) is 108 Å². The van der Waals surface area contributed by atoms with E-state index in [9.17, 15) is 0 Å². The molecule has 0 spiro atoms. The molecule has 4 aromatic heterocycles. The molecule has 0 amide bonds. The molecular weight excluding hydrogens is 765 g/mol. The van der Waals surface area contributed by atoms with Crippen LogP contribution in [0.25, 0.3) is 108 Å². The number of hydrogen-bond acceptors (Lipinski definition) is 2. The van der Waals surface area contributed by atoms with Crippen LogP contribution in [0, 0.1) is 0 Å². The number of nitrogens with zero attached hydrogens (tertiary/aromatic N) is 2. The topological polar surface area (TPSA) is 9.86 Å². The minimum atomic E-state index is 1.17. The van der Waals surface area contributed by atoms with Crippen LogP contribution in [0.2, 0.25) is 0 Å². The molecule has 4 heterocycles. The molecular formula is C56H36N2S2. The van der Waals surface area contributed by atoms with E-state index < -0.39 is 0 Å². The van der Waals surface area contributed by atoms with E-state index in [2.05, 4.69) is 228 Å². The van der Waals surface area contributed by atoms with Gasteiger partial charge in [-0.05, 0) is 59.7 Å². The molecule has 2 nitrogen and oxygen atoms in total. The summed E-state index contributed by atoms with van der Waals surface area (Å²) in [6.07, 6.45) is 0. The van der Waals surface area contributed by atoms with Crippen molar-refractivity contribution in [3.63, 3.8) is 0 Å². The summed E-state index contributed by atoms with van der Waals surface area (Å²) in [5.41, 5.74) is 14.5. The van der Waals surface area contributed by atoms with Gasteiger partial charge in [-0.2, -0.15) is 0 Å². The van der Waals surface area contributed by atoms with Crippen LogP contribution in [0.3, 0.4) is 0 Å². The van der Waals surface area contributed by atoms with Crippen molar-refractivity contribution < 1.29 is 0 Å². The average Bonchev–Trinajstić information content (AvgIpc) is 4.11. The molecule has 0 atom stereocenters. The molecule has 0 saturated heterocycles. The molecule has 0 radical (unpaired) electrons. The number of aromatic nitrogens is 2. The number of benzene rings is 8. The molecule has 282 valence electrons. The second kappa shape index (κ2) is 14.2. The second-order valence-corrected chi connectivity index (χ2v) is 17.3. The summed E-state index contributed by atoms with van der Waals surface area (Å²) in [6, 6.07) is 79.8. The third-order valence-corrected chi connectivity index (χ3v) is 14.3. The molecule has 0 fully saturated rings. The van der Waals surface area contributed by atoms with Crippen molar-refractivity contribution in [2.24, 2.45) is 0 Å². The standard InChI is InChI=1S/C56H36N2S2/c1-3-19-37(20-4-1)53-35-45(43-27-11-17-33-51(43)57-47-29-13-7-23-39(47)40-24-8-14-30-48(40)57)55(59-53)56-46(36-54(60-56)38-21-5-2-6-22-38)44-28-12-18-34-52(44)58-49-31-15-9-25-41(49)42-26-10-16-32-50(42)58/h1-36H. The molecule has 0 aliphatic rings. The zero-order valence-corrected chi connectivity index (χ0v) is 34.1. The van der Waals surface area contributed by atoms with E-state index in [1.54, 1.807) is 0 Å². The lowest BCUT2D eigenvalue weighted by atomic mass is 9.97. The van der Waals surface area contributed by atoms with E-state index in [4.69, 9.17) is 0 Å². The van der Waals surface area contributed by atoms with Crippen molar-refractivity contribution in [2.75, 3.05) is 0 Å². The predicted octanol–water partition coefficient (Wildman–Crippen LogP) is 16.3. The highest BCUT2D eigenvalue weighted by molar-refractivity contribution is 7.26. The SMILES string of the molecule is c1ccc(-c2cc(-c3ccccc3-n3c4ccccc4c4ccccc43)c(-c3sc(-c4ccccc4)cc3-c3ccccc3-n3c4ccccc4c4ccccc43)s2)cc1. The Bertz CT molecular complexity index is 3200. The molecule has 0 bridgehead atoms. The zero-order chi connectivity index (χ0) is 39.6. The minimum Gasteiger partial charge on any atom is -0.309 e. The first kappa shape index (κ1) is 34.8. The van der Waals surface area contributed by atoms with E-state index in [0.717, 1.165) is 0 Å². The molecule has 12 rings (SSSR count). The molecule has 0 unspecified atom stereocenters. The Hall–Kier alpha value is -7.24. The lowest BCUT2D eigenvalue weighted by Crippen LogP contribution is -1.98. The number of para-hydroxylation sites is 6. The summed E-state index contributed by atoms with van der Waals surface area (Å²) in [5, 5.41) is 5.03. The molecule has 0 aliphatic carbocycles. The van der Waals surface area contributed by atoms with Gasteiger partial charge in [-0.25, -0.2) is 0 Å². The van der Waals surface area contributed by atoms with E-state index >= 15 is 0 Å². The minimum absolute atomic E-state index is 1.17. The van der Waals surface area contributed by atoms with Crippen molar-refractivity contribution in [3.8, 4) is 64.3 Å². The monoisotopic (exact) mass is 800 g/mol. The fourth-order valence-electron chi connectivity index (χ4n) is 9.17. The van der Waals surface area contributed by atoms with Crippen LogP contribution in [0.5, 0.6) is 0 Å². The third-order valence-electron chi connectivity index (χ3n) is 11.8. The summed E-state index contributed by atoms with van der Waals surface area (Å²) in [5.74, 6) is 0. The lowest BCUT2D eigenvalue weighted by molar-refractivity contribution is 1.18. The smallest absolute Gasteiger partial charge is 0.0541 e. The van der Waals surface area contributed by atoms with Crippen LogP contribution in [-0.2, 0) is 0 Å². The van der Waals surface area contributed by atoms with Gasteiger partial charge in [0.25, 0.3) is 0 Å². The summed E-state index contributed by atoms with van der Waals surface area (Å²) in [6.45, 7) is 0. The summed E-state index contributed by atoms with van der Waals surface area (Å²) in [7, 11) is 0. The first-order valence-corrected chi connectivity index (χ1v) is 22.0. The largest absolute Gasteiger partial charge is 0.309 e. The lowest BCUT2D eigenvalue weighted by Gasteiger charge is -2.16. The Morgan fingerprint density at radius 1 is 0.267 bits per heavy atom. The quantitative estimate of drug-likeness (QED) is 0.152. The van der Waals surface area contributed by atoms with Crippen LogP contribution in [-0.4, -0.2) is 9.13 Å². The molecule has 60 heavy (non-hydrogen) atoms. The van der Waals surface area contributed by atoms with Gasteiger partial charge in [0.05, 0.1) is 43.2 Å². The van der Waals surface area contributed by atoms with Gasteiger partial charge in [0.15, 0.2) is 0 Å². The van der Waals surface area contributed by atoms with Gasteiger partial charge < -0.3 is 9.13 Å².